The van der Waals surface area contributed by atoms with Gasteiger partial charge in [-0.15, -0.1) is 0 Å². The summed E-state index contributed by atoms with van der Waals surface area (Å²) < 4.78 is 3.51. The lowest BCUT2D eigenvalue weighted by atomic mass is 10.0. The molecule has 0 unspecified atom stereocenters. The van der Waals surface area contributed by atoms with E-state index in [0.717, 1.165) is 0 Å². The average molecular weight is 615 g/mol. The number of hydrogen-bond donors (Lipinski definition) is 8. The van der Waals surface area contributed by atoms with Gasteiger partial charge in [0.05, 0.1) is 50.2 Å². The summed E-state index contributed by atoms with van der Waals surface area (Å²) in [5, 5.41) is 60.8. The molecule has 0 amide bonds. The lowest BCUT2D eigenvalue weighted by molar-refractivity contribution is -0.0301. The van der Waals surface area contributed by atoms with Crippen LogP contribution in [0.3, 0.4) is 0 Å². The zero-order valence-corrected chi connectivity index (χ0v) is 24.2. The van der Waals surface area contributed by atoms with Gasteiger partial charge in [0, 0.05) is 10.8 Å². The van der Waals surface area contributed by atoms with E-state index in [1.165, 1.54) is 11.8 Å². The van der Waals surface area contributed by atoms with E-state index in [2.05, 4.69) is 29.9 Å². The normalized spacial score (nSPS) is 37.3. The summed E-state index contributed by atoms with van der Waals surface area (Å²) in [7, 11) is 0. The number of fused-ring (bicyclic) bond motifs is 4. The molecule has 43 heavy (non-hydrogen) atoms. The van der Waals surface area contributed by atoms with E-state index in [-0.39, 0.29) is 37.1 Å². The van der Waals surface area contributed by atoms with Crippen molar-refractivity contribution in [2.75, 3.05) is 30.9 Å². The second-order valence-electron chi connectivity index (χ2n) is 12.2. The minimum Gasteiger partial charge on any atom is -0.396 e. The molecule has 4 heterocycles. The number of imidazole rings is 2. The first-order valence-electron chi connectivity index (χ1n) is 14.0. The molecule has 0 bridgehead atoms. The Morgan fingerprint density at radius 2 is 1.26 bits per heavy atom. The van der Waals surface area contributed by atoms with Crippen molar-refractivity contribution in [1.29, 1.82) is 0 Å². The number of aliphatic hydroxyl groups excluding tert-OH is 6. The molecule has 4 aliphatic rings. The zero-order valence-electron chi connectivity index (χ0n) is 23.4. The maximum atomic E-state index is 10.4. The Kier molecular flexibility index (Phi) is 6.41. The molecule has 4 saturated carbocycles. The molecule has 4 fully saturated rings. The van der Waals surface area contributed by atoms with Crippen molar-refractivity contribution in [3.8, 4) is 0 Å². The lowest BCUT2D eigenvalue weighted by Crippen LogP contribution is -2.35. The standard InChI is InChI=1S/C13H17N5O3S.C13H17N5O3/c1-22-12-16-10(14)6-11(17-12)18(4-15-6)7-5-2-13(5,3-19)9(21)8(7)20;1-5-16-11(14)7-12(17-5)18(4-15-7)8-6-2-13(6,3-19)10(21)9(8)20/h4-5,7-9,19-21H,2-3H2,1H3,(H2,14,16,17);4,6,8-10,19-21H,2-3H2,1H3,(H2,14,16,17)/t5-,7-,8+,9+,13+;6-,8-,9+,10+,13+/m11/s1. The van der Waals surface area contributed by atoms with Gasteiger partial charge in [-0.25, -0.2) is 29.9 Å². The van der Waals surface area contributed by atoms with E-state index >= 15 is 0 Å². The molecule has 8 rings (SSSR count). The van der Waals surface area contributed by atoms with Gasteiger partial charge in [-0.05, 0) is 37.9 Å². The van der Waals surface area contributed by atoms with Crippen molar-refractivity contribution in [3.05, 3.63) is 18.5 Å². The number of rotatable bonds is 5. The number of aliphatic hydroxyl groups is 6. The van der Waals surface area contributed by atoms with E-state index in [4.69, 9.17) is 11.5 Å². The van der Waals surface area contributed by atoms with Crippen molar-refractivity contribution in [2.45, 2.75) is 61.4 Å². The van der Waals surface area contributed by atoms with Crippen LogP contribution in [0.4, 0.5) is 11.6 Å². The quantitative estimate of drug-likeness (QED) is 0.0929. The molecule has 230 valence electrons. The number of hydrogen-bond acceptors (Lipinski definition) is 15. The van der Waals surface area contributed by atoms with E-state index in [1.54, 1.807) is 28.7 Å². The van der Waals surface area contributed by atoms with Gasteiger partial charge in [-0.3, -0.25) is 0 Å². The molecule has 16 nitrogen and oxygen atoms in total. The molecular weight excluding hydrogens is 580 g/mol. The summed E-state index contributed by atoms with van der Waals surface area (Å²) in [6, 6.07) is -0.720. The van der Waals surface area contributed by atoms with Gasteiger partial charge in [-0.2, -0.15) is 0 Å². The number of aromatic nitrogens is 8. The summed E-state index contributed by atoms with van der Waals surface area (Å²) in [4.78, 5) is 25.5. The molecular formula is C26H34N10O6S. The van der Waals surface area contributed by atoms with E-state index in [0.29, 0.717) is 57.8 Å². The third kappa shape index (κ3) is 3.85. The molecule has 10 atom stereocenters. The third-order valence-electron chi connectivity index (χ3n) is 10.1. The van der Waals surface area contributed by atoms with Gasteiger partial charge < -0.3 is 51.2 Å². The highest BCUT2D eigenvalue weighted by atomic mass is 32.2. The smallest absolute Gasteiger partial charge is 0.191 e. The molecule has 0 aliphatic heterocycles. The summed E-state index contributed by atoms with van der Waals surface area (Å²) in [5.74, 6) is 1.15. The van der Waals surface area contributed by atoms with E-state index in [1.807, 2.05) is 6.26 Å². The largest absolute Gasteiger partial charge is 0.396 e. The first-order valence-corrected chi connectivity index (χ1v) is 15.2. The van der Waals surface area contributed by atoms with Crippen LogP contribution in [0.25, 0.3) is 22.3 Å². The van der Waals surface area contributed by atoms with Gasteiger partial charge in [0.25, 0.3) is 0 Å². The highest BCUT2D eigenvalue weighted by molar-refractivity contribution is 7.98. The molecule has 4 aromatic rings. The Hall–Kier alpha value is -3.19. The second-order valence-corrected chi connectivity index (χ2v) is 12.9. The minimum atomic E-state index is -0.961. The minimum absolute atomic E-state index is 0.00817. The first kappa shape index (κ1) is 28.6. The van der Waals surface area contributed by atoms with Crippen molar-refractivity contribution in [2.24, 2.45) is 22.7 Å². The Morgan fingerprint density at radius 1 is 0.791 bits per heavy atom. The van der Waals surface area contributed by atoms with Crippen LogP contribution >= 0.6 is 11.8 Å². The monoisotopic (exact) mass is 614 g/mol. The number of nitrogens with two attached hydrogens (primary N) is 2. The van der Waals surface area contributed by atoms with E-state index in [9.17, 15) is 30.6 Å². The fourth-order valence-corrected chi connectivity index (χ4v) is 7.96. The highest BCUT2D eigenvalue weighted by Crippen LogP contribution is 2.68. The summed E-state index contributed by atoms with van der Waals surface area (Å²) in [6.45, 7) is 1.48. The Morgan fingerprint density at radius 3 is 1.70 bits per heavy atom. The van der Waals surface area contributed by atoms with Crippen LogP contribution in [-0.2, 0) is 0 Å². The number of thioether (sulfide) groups is 1. The van der Waals surface area contributed by atoms with Crippen molar-refractivity contribution in [3.63, 3.8) is 0 Å². The average Bonchev–Trinajstić information content (AvgIpc) is 3.73. The first-order chi connectivity index (χ1) is 20.5. The molecule has 17 heteroatoms. The van der Waals surface area contributed by atoms with Crippen LogP contribution in [0.5, 0.6) is 0 Å². The van der Waals surface area contributed by atoms with Crippen LogP contribution in [-0.4, -0.2) is 114 Å². The molecule has 0 saturated heterocycles. The zero-order chi connectivity index (χ0) is 30.6. The molecule has 10 N–H and O–H groups in total. The summed E-state index contributed by atoms with van der Waals surface area (Å²) in [6.07, 6.45) is 2.58. The van der Waals surface area contributed by atoms with Crippen molar-refractivity contribution < 1.29 is 30.6 Å². The van der Waals surface area contributed by atoms with Crippen LogP contribution in [0, 0.1) is 29.6 Å². The Bertz CT molecular complexity index is 1740. The van der Waals surface area contributed by atoms with Gasteiger partial charge in [0.15, 0.2) is 28.1 Å². The number of aryl methyl sites for hydroxylation is 1. The fourth-order valence-electron chi connectivity index (χ4n) is 7.60. The molecule has 0 spiro atoms. The van der Waals surface area contributed by atoms with Crippen LogP contribution in [0.15, 0.2) is 17.8 Å². The third-order valence-corrected chi connectivity index (χ3v) is 10.7. The molecule has 4 aromatic heterocycles. The SMILES string of the molecule is CSc1nc(N)c2ncn([C@H]3[C@H](O)[C@H](O)[C@]4(CO)C[C@H]34)c2n1.Cc1nc(N)c2ncn([C@H]3[C@H](O)[C@H](O)[C@]4(CO)C[C@H]34)c2n1. The maximum Gasteiger partial charge on any atom is 0.191 e. The number of nitrogens with zero attached hydrogens (tertiary/aromatic N) is 8. The van der Waals surface area contributed by atoms with Gasteiger partial charge >= 0.3 is 0 Å². The highest BCUT2D eigenvalue weighted by Gasteiger charge is 2.72. The fraction of sp³-hybridized carbons (Fsp3) is 0.615. The summed E-state index contributed by atoms with van der Waals surface area (Å²) >= 11 is 1.37. The lowest BCUT2D eigenvalue weighted by Gasteiger charge is -2.23. The summed E-state index contributed by atoms with van der Waals surface area (Å²) in [5.41, 5.74) is 12.7. The molecule has 0 aromatic carbocycles. The predicted octanol–water partition coefficient (Wildman–Crippen LogP) is -1.60. The second kappa shape index (κ2) is 9.65. The van der Waals surface area contributed by atoms with Crippen molar-refractivity contribution in [1.82, 2.24) is 39.0 Å². The van der Waals surface area contributed by atoms with E-state index < -0.39 is 35.2 Å². The topological polar surface area (TPSA) is 261 Å². The van der Waals surface area contributed by atoms with Crippen molar-refractivity contribution >= 4 is 45.7 Å². The van der Waals surface area contributed by atoms with Crippen LogP contribution in [0.1, 0.15) is 30.7 Å². The van der Waals surface area contributed by atoms with Crippen LogP contribution in [0.2, 0.25) is 0 Å². The Balaban J connectivity index is 0.000000140. The molecule has 4 aliphatic carbocycles. The Labute approximate surface area is 248 Å². The number of nitrogen functional groups attached to an aromatic ring is 2. The van der Waals surface area contributed by atoms with Gasteiger partial charge in [0.1, 0.15) is 29.1 Å². The maximum absolute atomic E-state index is 10.4. The number of anilines is 2. The predicted molar refractivity (Wildman–Crippen MR) is 153 cm³/mol. The van der Waals surface area contributed by atoms with Gasteiger partial charge in [0.2, 0.25) is 0 Å². The van der Waals surface area contributed by atoms with Crippen LogP contribution < -0.4 is 11.5 Å². The van der Waals surface area contributed by atoms with Gasteiger partial charge in [-0.1, -0.05) is 11.8 Å². The molecule has 0 radical (unpaired) electrons.